The predicted molar refractivity (Wildman–Crippen MR) is 160 cm³/mol. The van der Waals surface area contributed by atoms with Gasteiger partial charge in [0.1, 0.15) is 23.2 Å². The van der Waals surface area contributed by atoms with Gasteiger partial charge in [-0.2, -0.15) is 0 Å². The molecule has 0 saturated heterocycles. The van der Waals surface area contributed by atoms with Crippen molar-refractivity contribution in [2.75, 3.05) is 0 Å². The summed E-state index contributed by atoms with van der Waals surface area (Å²) in [6, 6.07) is 14.6. The smallest absolute Gasteiger partial charge is 0.508 e. The molecular weight excluding hydrogens is 516 g/mol. The molecule has 2 aliphatic carbocycles. The number of phenolic OH excluding ortho intramolecular Hbond substituents is 1. The molecule has 2 fully saturated rings. The van der Waals surface area contributed by atoms with E-state index < -0.39 is 11.8 Å². The number of benzene rings is 2. The summed E-state index contributed by atoms with van der Waals surface area (Å²) >= 11 is 0. The van der Waals surface area contributed by atoms with Crippen molar-refractivity contribution in [3.63, 3.8) is 0 Å². The fourth-order valence-corrected chi connectivity index (χ4v) is 6.99. The molecule has 2 bridgehead atoms. The largest absolute Gasteiger partial charge is 0.514 e. The molecule has 4 rings (SSSR count). The molecule has 6 nitrogen and oxygen atoms in total. The Kier molecular flexibility index (Phi) is 8.82. The Morgan fingerprint density at radius 3 is 1.93 bits per heavy atom. The monoisotopic (exact) mass is 564 g/mol. The van der Waals surface area contributed by atoms with Crippen LogP contribution in [0.25, 0.3) is 0 Å². The molecule has 2 aromatic carbocycles. The van der Waals surface area contributed by atoms with Crippen molar-refractivity contribution in [3.8, 4) is 11.5 Å². The van der Waals surface area contributed by atoms with E-state index in [1.807, 2.05) is 24.3 Å². The lowest BCUT2D eigenvalue weighted by atomic mass is 9.70. The zero-order valence-electron chi connectivity index (χ0n) is 26.0. The van der Waals surface area contributed by atoms with E-state index in [1.54, 1.807) is 45.0 Å². The highest BCUT2D eigenvalue weighted by atomic mass is 16.7. The second-order valence-electron chi connectivity index (χ2n) is 14.2. The number of rotatable bonds is 9. The van der Waals surface area contributed by atoms with Gasteiger partial charge in [-0.15, -0.1) is 0 Å². The van der Waals surface area contributed by atoms with Crippen molar-refractivity contribution in [1.29, 1.82) is 0 Å². The van der Waals surface area contributed by atoms with Gasteiger partial charge in [-0.05, 0) is 111 Å². The van der Waals surface area contributed by atoms with Gasteiger partial charge in [0.05, 0.1) is 5.92 Å². The van der Waals surface area contributed by atoms with Crippen LogP contribution in [0, 0.1) is 22.7 Å². The van der Waals surface area contributed by atoms with Gasteiger partial charge in [0.25, 0.3) is 0 Å². The Hall–Kier alpha value is -3.02. The van der Waals surface area contributed by atoms with Crippen LogP contribution >= 0.6 is 0 Å². The summed E-state index contributed by atoms with van der Waals surface area (Å²) in [6.45, 7) is 16.6. The van der Waals surface area contributed by atoms with E-state index in [-0.39, 0.29) is 46.4 Å². The summed E-state index contributed by atoms with van der Waals surface area (Å²) in [5.41, 5.74) is 1.70. The Morgan fingerprint density at radius 2 is 1.46 bits per heavy atom. The quantitative estimate of drug-likeness (QED) is 0.242. The molecule has 0 heterocycles. The summed E-state index contributed by atoms with van der Waals surface area (Å²) in [7, 11) is 0. The van der Waals surface area contributed by atoms with Crippen molar-refractivity contribution in [1.82, 2.24) is 0 Å². The maximum Gasteiger partial charge on any atom is 0.514 e. The zero-order valence-corrected chi connectivity index (χ0v) is 26.0. The number of hydrogen-bond donors (Lipinski definition) is 1. The van der Waals surface area contributed by atoms with Crippen LogP contribution in [0.4, 0.5) is 4.79 Å². The van der Waals surface area contributed by atoms with Gasteiger partial charge in [0.2, 0.25) is 0 Å². The van der Waals surface area contributed by atoms with Gasteiger partial charge >= 0.3 is 12.1 Å². The van der Waals surface area contributed by atoms with Gasteiger partial charge in [-0.25, -0.2) is 4.79 Å². The lowest BCUT2D eigenvalue weighted by Crippen LogP contribution is -2.39. The third kappa shape index (κ3) is 6.90. The van der Waals surface area contributed by atoms with Crippen LogP contribution < -0.4 is 4.74 Å². The van der Waals surface area contributed by atoms with Crippen molar-refractivity contribution >= 4 is 12.1 Å². The van der Waals surface area contributed by atoms with Crippen molar-refractivity contribution in [2.45, 2.75) is 111 Å². The zero-order chi connectivity index (χ0) is 30.2. The molecule has 6 atom stereocenters. The molecule has 0 amide bonds. The van der Waals surface area contributed by atoms with E-state index >= 15 is 0 Å². The number of esters is 1. The number of aromatic hydroxyl groups is 1. The number of ether oxygens (including phenoxy) is 3. The molecule has 6 unspecified atom stereocenters. The predicted octanol–water partition coefficient (Wildman–Crippen LogP) is 8.77. The van der Waals surface area contributed by atoms with E-state index in [1.165, 1.54) is 6.42 Å². The Bertz CT molecular complexity index is 1210. The van der Waals surface area contributed by atoms with Gasteiger partial charge in [-0.3, -0.25) is 4.79 Å². The Labute approximate surface area is 245 Å². The average molecular weight is 565 g/mol. The minimum atomic E-state index is -0.734. The SMILES string of the molecule is CC(CC(CC(C)c1ccc(OC(=O)OC(C)(C)C)cc1)C(=O)OC1CC2CCC1(C)C2(C)C)c1ccc(O)cc1. The Balaban J connectivity index is 1.47. The summed E-state index contributed by atoms with van der Waals surface area (Å²) in [5, 5.41) is 9.74. The van der Waals surface area contributed by atoms with Gasteiger partial charge in [0.15, 0.2) is 0 Å². The number of carbonyl (C=O) groups is 2. The van der Waals surface area contributed by atoms with E-state index in [0.717, 1.165) is 24.0 Å². The second-order valence-corrected chi connectivity index (χ2v) is 14.2. The fraction of sp³-hybridized carbons (Fsp3) is 0.600. The first kappa shape index (κ1) is 30.9. The van der Waals surface area contributed by atoms with Crippen molar-refractivity contribution in [3.05, 3.63) is 59.7 Å². The van der Waals surface area contributed by atoms with Crippen LogP contribution in [0.3, 0.4) is 0 Å². The molecule has 224 valence electrons. The maximum absolute atomic E-state index is 13.9. The third-order valence-corrected chi connectivity index (χ3v) is 10.1. The fourth-order valence-electron chi connectivity index (χ4n) is 6.99. The third-order valence-electron chi connectivity index (χ3n) is 10.1. The van der Waals surface area contributed by atoms with Gasteiger partial charge < -0.3 is 19.3 Å². The van der Waals surface area contributed by atoms with Crippen LogP contribution in [-0.4, -0.2) is 28.9 Å². The molecule has 6 heteroatoms. The van der Waals surface area contributed by atoms with E-state index in [0.29, 0.717) is 24.5 Å². The standard InChI is InChI=1S/C35H48O6/c1-22(24-9-13-28(36)14-10-24)19-26(31(37)40-30-21-27-17-18-35(30,8)34(27,6)7)20-23(2)25-11-15-29(16-12-25)39-32(38)41-33(3,4)5/h9-16,22-23,26-27,30,36H,17-21H2,1-8H3. The minimum absolute atomic E-state index is 0.00996. The summed E-state index contributed by atoms with van der Waals surface area (Å²) in [5.74, 6) is 1.06. The van der Waals surface area contributed by atoms with Gasteiger partial charge in [-0.1, -0.05) is 58.9 Å². The van der Waals surface area contributed by atoms with Crippen LogP contribution in [0.2, 0.25) is 0 Å². The van der Waals surface area contributed by atoms with Crippen molar-refractivity contribution < 1.29 is 28.9 Å². The summed E-state index contributed by atoms with van der Waals surface area (Å²) < 4.78 is 17.0. The van der Waals surface area contributed by atoms with E-state index in [2.05, 4.69) is 34.6 Å². The number of carbonyl (C=O) groups excluding carboxylic acids is 2. The summed E-state index contributed by atoms with van der Waals surface area (Å²) in [6.07, 6.45) is 3.78. The molecule has 2 aliphatic rings. The van der Waals surface area contributed by atoms with E-state index in [9.17, 15) is 14.7 Å². The molecule has 2 aromatic rings. The molecule has 1 N–H and O–H groups in total. The first-order valence-corrected chi connectivity index (χ1v) is 15.1. The normalized spacial score (nSPS) is 25.3. The first-order chi connectivity index (χ1) is 19.1. The van der Waals surface area contributed by atoms with Crippen molar-refractivity contribution in [2.24, 2.45) is 22.7 Å². The topological polar surface area (TPSA) is 82.1 Å². The molecule has 0 aromatic heterocycles. The van der Waals surface area contributed by atoms with Gasteiger partial charge in [0, 0.05) is 5.41 Å². The number of phenols is 1. The molecular formula is C35H48O6. The molecule has 0 aliphatic heterocycles. The first-order valence-electron chi connectivity index (χ1n) is 15.1. The van der Waals surface area contributed by atoms with Crippen LogP contribution in [0.1, 0.15) is 110 Å². The molecule has 0 spiro atoms. The highest BCUT2D eigenvalue weighted by Crippen LogP contribution is 2.66. The lowest BCUT2D eigenvalue weighted by molar-refractivity contribution is -0.162. The van der Waals surface area contributed by atoms with Crippen LogP contribution in [-0.2, 0) is 14.3 Å². The molecule has 2 saturated carbocycles. The van der Waals surface area contributed by atoms with Crippen LogP contribution in [0.5, 0.6) is 11.5 Å². The Morgan fingerprint density at radius 1 is 0.927 bits per heavy atom. The minimum Gasteiger partial charge on any atom is -0.508 e. The summed E-state index contributed by atoms with van der Waals surface area (Å²) in [4.78, 5) is 25.9. The number of hydrogen-bond acceptors (Lipinski definition) is 6. The molecule has 41 heavy (non-hydrogen) atoms. The van der Waals surface area contributed by atoms with Crippen LogP contribution in [0.15, 0.2) is 48.5 Å². The average Bonchev–Trinajstić information content (AvgIpc) is 3.21. The maximum atomic E-state index is 13.9. The lowest BCUT2D eigenvalue weighted by Gasteiger charge is -2.39. The van der Waals surface area contributed by atoms with E-state index in [4.69, 9.17) is 14.2 Å². The highest BCUT2D eigenvalue weighted by Gasteiger charge is 2.63. The highest BCUT2D eigenvalue weighted by molar-refractivity contribution is 5.73. The molecule has 0 radical (unpaired) electrons. The second kappa shape index (κ2) is 11.7. The number of fused-ring (bicyclic) bond motifs is 2.